The fraction of sp³-hybridized carbons (Fsp3) is 0.188. The molecule has 1 aromatic carbocycles. The molecular formula is C16H17N5O2. The summed E-state index contributed by atoms with van der Waals surface area (Å²) in [5.41, 5.74) is 3.00. The van der Waals surface area contributed by atoms with Crippen molar-refractivity contribution in [3.05, 3.63) is 58.3 Å². The van der Waals surface area contributed by atoms with Gasteiger partial charge in [0, 0.05) is 24.9 Å². The van der Waals surface area contributed by atoms with E-state index in [0.717, 1.165) is 22.2 Å². The van der Waals surface area contributed by atoms with E-state index >= 15 is 0 Å². The number of imidazole rings is 1. The molecule has 2 aromatic heterocycles. The van der Waals surface area contributed by atoms with E-state index in [1.807, 2.05) is 38.4 Å². The Kier molecular flexibility index (Phi) is 3.84. The third kappa shape index (κ3) is 3.39. The zero-order chi connectivity index (χ0) is 16.4. The second-order valence-corrected chi connectivity index (χ2v) is 5.40. The number of H-pyrrole nitrogens is 2. The Morgan fingerprint density at radius 2 is 2.13 bits per heavy atom. The molecule has 0 saturated heterocycles. The van der Waals surface area contributed by atoms with Gasteiger partial charge in [0.1, 0.15) is 0 Å². The maximum absolute atomic E-state index is 12.0. The molecule has 0 saturated carbocycles. The minimum absolute atomic E-state index is 0.177. The van der Waals surface area contributed by atoms with Crippen LogP contribution >= 0.6 is 0 Å². The summed E-state index contributed by atoms with van der Waals surface area (Å²) < 4.78 is 1.67. The Hall–Kier alpha value is -3.09. The van der Waals surface area contributed by atoms with Gasteiger partial charge in [-0.25, -0.2) is 4.79 Å². The number of carbonyl (C=O) groups excluding carboxylic acids is 1. The molecule has 3 N–H and O–H groups in total. The van der Waals surface area contributed by atoms with Crippen LogP contribution in [0.1, 0.15) is 24.1 Å². The molecule has 0 bridgehead atoms. The Morgan fingerprint density at radius 1 is 1.35 bits per heavy atom. The highest BCUT2D eigenvalue weighted by Crippen LogP contribution is 2.17. The van der Waals surface area contributed by atoms with Crippen molar-refractivity contribution in [2.75, 3.05) is 0 Å². The second-order valence-electron chi connectivity index (χ2n) is 5.40. The van der Waals surface area contributed by atoms with E-state index in [2.05, 4.69) is 20.4 Å². The van der Waals surface area contributed by atoms with Crippen molar-refractivity contribution in [1.29, 1.82) is 0 Å². The van der Waals surface area contributed by atoms with Gasteiger partial charge in [-0.3, -0.25) is 9.48 Å². The molecule has 2 heterocycles. The molecule has 0 radical (unpaired) electrons. The number of rotatable bonds is 4. The highest BCUT2D eigenvalue weighted by atomic mass is 16.1. The molecule has 3 aromatic rings. The SMILES string of the molecule is CC(NC(=O)/C=C/c1cnn(C)c1)c1ccc2[nH]c(=O)[nH]c2c1. The molecule has 7 nitrogen and oxygen atoms in total. The van der Waals surface area contributed by atoms with Gasteiger partial charge in [-0.05, 0) is 30.7 Å². The lowest BCUT2D eigenvalue weighted by Crippen LogP contribution is -2.24. The summed E-state index contributed by atoms with van der Waals surface area (Å²) in [6, 6.07) is 5.37. The van der Waals surface area contributed by atoms with E-state index in [1.54, 1.807) is 17.0 Å². The van der Waals surface area contributed by atoms with E-state index in [0.29, 0.717) is 0 Å². The molecule has 0 spiro atoms. The summed E-state index contributed by atoms with van der Waals surface area (Å²) in [6.07, 6.45) is 6.69. The number of aromatic amines is 2. The molecule has 7 heteroatoms. The molecule has 0 aliphatic rings. The number of aryl methyl sites for hydroxylation is 1. The number of fused-ring (bicyclic) bond motifs is 1. The molecule has 118 valence electrons. The summed E-state index contributed by atoms with van der Waals surface area (Å²) >= 11 is 0. The maximum atomic E-state index is 12.0. The largest absolute Gasteiger partial charge is 0.346 e. The predicted molar refractivity (Wildman–Crippen MR) is 87.7 cm³/mol. The lowest BCUT2D eigenvalue weighted by Gasteiger charge is -2.12. The first kappa shape index (κ1) is 14.8. The van der Waals surface area contributed by atoms with Crippen LogP contribution in [0.5, 0.6) is 0 Å². The van der Waals surface area contributed by atoms with Gasteiger partial charge in [-0.1, -0.05) is 6.07 Å². The van der Waals surface area contributed by atoms with Crippen LogP contribution in [0.25, 0.3) is 17.1 Å². The molecule has 1 amide bonds. The number of carbonyl (C=O) groups is 1. The minimum atomic E-state index is -0.242. The van der Waals surface area contributed by atoms with E-state index in [4.69, 9.17) is 0 Å². The van der Waals surface area contributed by atoms with Crippen LogP contribution in [-0.4, -0.2) is 25.7 Å². The molecule has 23 heavy (non-hydrogen) atoms. The molecule has 0 fully saturated rings. The van der Waals surface area contributed by atoms with E-state index in [1.165, 1.54) is 6.08 Å². The number of amides is 1. The Bertz CT molecular complexity index is 931. The zero-order valence-electron chi connectivity index (χ0n) is 12.8. The smallest absolute Gasteiger partial charge is 0.323 e. The van der Waals surface area contributed by atoms with Crippen LogP contribution in [0.3, 0.4) is 0 Å². The topological polar surface area (TPSA) is 95.6 Å². The van der Waals surface area contributed by atoms with Crippen molar-refractivity contribution >= 4 is 23.0 Å². The Balaban J connectivity index is 1.69. The number of aromatic nitrogens is 4. The lowest BCUT2D eigenvalue weighted by atomic mass is 10.1. The van der Waals surface area contributed by atoms with Crippen molar-refractivity contribution < 1.29 is 4.79 Å². The summed E-state index contributed by atoms with van der Waals surface area (Å²) in [4.78, 5) is 28.7. The normalized spacial score (nSPS) is 12.8. The first-order chi connectivity index (χ1) is 11.0. The first-order valence-corrected chi connectivity index (χ1v) is 7.20. The number of benzene rings is 1. The Labute approximate surface area is 132 Å². The van der Waals surface area contributed by atoms with Crippen LogP contribution in [0.15, 0.2) is 41.5 Å². The monoisotopic (exact) mass is 311 g/mol. The van der Waals surface area contributed by atoms with Crippen molar-refractivity contribution in [1.82, 2.24) is 25.1 Å². The number of nitrogens with zero attached hydrogens (tertiary/aromatic N) is 2. The fourth-order valence-electron chi connectivity index (χ4n) is 2.36. The lowest BCUT2D eigenvalue weighted by molar-refractivity contribution is -0.117. The quantitative estimate of drug-likeness (QED) is 0.637. The van der Waals surface area contributed by atoms with Crippen LogP contribution in [0.4, 0.5) is 0 Å². The highest BCUT2D eigenvalue weighted by Gasteiger charge is 2.09. The van der Waals surface area contributed by atoms with Crippen molar-refractivity contribution in [2.45, 2.75) is 13.0 Å². The van der Waals surface area contributed by atoms with E-state index < -0.39 is 0 Å². The summed E-state index contributed by atoms with van der Waals surface area (Å²) in [5, 5.41) is 6.93. The maximum Gasteiger partial charge on any atom is 0.323 e. The van der Waals surface area contributed by atoms with Crippen LogP contribution < -0.4 is 11.0 Å². The van der Waals surface area contributed by atoms with Gasteiger partial charge in [0.25, 0.3) is 0 Å². The third-order valence-corrected chi connectivity index (χ3v) is 3.55. The predicted octanol–water partition coefficient (Wildman–Crippen LogP) is 1.48. The molecule has 3 rings (SSSR count). The number of hydrogen-bond donors (Lipinski definition) is 3. The van der Waals surface area contributed by atoms with Crippen LogP contribution in [0, 0.1) is 0 Å². The average molecular weight is 311 g/mol. The highest BCUT2D eigenvalue weighted by molar-refractivity contribution is 5.92. The van der Waals surface area contributed by atoms with Crippen LogP contribution in [-0.2, 0) is 11.8 Å². The van der Waals surface area contributed by atoms with Crippen molar-refractivity contribution in [3.8, 4) is 0 Å². The molecule has 0 aliphatic carbocycles. The minimum Gasteiger partial charge on any atom is -0.346 e. The molecule has 1 unspecified atom stereocenters. The van der Waals surface area contributed by atoms with Gasteiger partial charge >= 0.3 is 5.69 Å². The van der Waals surface area contributed by atoms with Crippen molar-refractivity contribution in [2.24, 2.45) is 7.05 Å². The van der Waals surface area contributed by atoms with Crippen LogP contribution in [0.2, 0.25) is 0 Å². The third-order valence-electron chi connectivity index (χ3n) is 3.55. The first-order valence-electron chi connectivity index (χ1n) is 7.20. The molecule has 0 aliphatic heterocycles. The zero-order valence-corrected chi connectivity index (χ0v) is 12.8. The Morgan fingerprint density at radius 3 is 2.87 bits per heavy atom. The summed E-state index contributed by atoms with van der Waals surface area (Å²) in [5.74, 6) is -0.191. The average Bonchev–Trinajstić information content (AvgIpc) is 3.08. The van der Waals surface area contributed by atoms with Gasteiger partial charge in [0.05, 0.1) is 23.3 Å². The fourth-order valence-corrected chi connectivity index (χ4v) is 2.36. The standard InChI is InChI=1S/C16H17N5O2/c1-10(12-4-5-13-14(7-12)20-16(23)19-13)18-15(22)6-3-11-8-17-21(2)9-11/h3-10H,1-2H3,(H,18,22)(H2,19,20,23)/b6-3+. The van der Waals surface area contributed by atoms with Gasteiger partial charge in [-0.15, -0.1) is 0 Å². The molecular weight excluding hydrogens is 294 g/mol. The molecule has 1 atom stereocenters. The summed E-state index contributed by atoms with van der Waals surface area (Å²) in [6.45, 7) is 1.89. The van der Waals surface area contributed by atoms with Gasteiger partial charge < -0.3 is 15.3 Å². The van der Waals surface area contributed by atoms with Gasteiger partial charge in [0.15, 0.2) is 0 Å². The number of hydrogen-bond acceptors (Lipinski definition) is 3. The second kappa shape index (κ2) is 5.96. The van der Waals surface area contributed by atoms with E-state index in [-0.39, 0.29) is 17.6 Å². The van der Waals surface area contributed by atoms with Crippen molar-refractivity contribution in [3.63, 3.8) is 0 Å². The number of nitrogens with one attached hydrogen (secondary N) is 3. The van der Waals surface area contributed by atoms with Gasteiger partial charge in [-0.2, -0.15) is 5.10 Å². The van der Waals surface area contributed by atoms with Gasteiger partial charge in [0.2, 0.25) is 5.91 Å². The summed E-state index contributed by atoms with van der Waals surface area (Å²) in [7, 11) is 1.82. The van der Waals surface area contributed by atoms with E-state index in [9.17, 15) is 9.59 Å².